The minimum atomic E-state index is -0.00539. The number of thiophene rings is 1. The summed E-state index contributed by atoms with van der Waals surface area (Å²) in [4.78, 5) is 27.8. The first-order chi connectivity index (χ1) is 11.5. The fourth-order valence-corrected chi connectivity index (χ4v) is 3.97. The molecule has 1 aliphatic heterocycles. The van der Waals surface area contributed by atoms with E-state index >= 15 is 0 Å². The van der Waals surface area contributed by atoms with Gasteiger partial charge in [-0.3, -0.25) is 4.79 Å². The number of hydrogen-bond acceptors (Lipinski definition) is 6. The third kappa shape index (κ3) is 3.23. The van der Waals surface area contributed by atoms with E-state index in [1.54, 1.807) is 6.33 Å². The van der Waals surface area contributed by atoms with Crippen LogP contribution in [-0.2, 0) is 0 Å². The molecule has 0 radical (unpaired) electrons. The largest absolute Gasteiger partial charge is 0.353 e. The van der Waals surface area contributed by atoms with Gasteiger partial charge in [0.1, 0.15) is 17.0 Å². The van der Waals surface area contributed by atoms with Gasteiger partial charge in [0.2, 0.25) is 0 Å². The Kier molecular flexibility index (Phi) is 5.01. The van der Waals surface area contributed by atoms with Crippen LogP contribution in [-0.4, -0.2) is 60.0 Å². The summed E-state index contributed by atoms with van der Waals surface area (Å²) >= 11 is 1.46. The smallest absolute Gasteiger partial charge is 0.261 e. The highest BCUT2D eigenvalue weighted by Crippen LogP contribution is 2.35. The Morgan fingerprint density at radius 1 is 1.33 bits per heavy atom. The molecule has 0 aliphatic carbocycles. The minimum absolute atomic E-state index is 0.00539. The van der Waals surface area contributed by atoms with Gasteiger partial charge in [0.05, 0.1) is 10.3 Å². The lowest BCUT2D eigenvalue weighted by Gasteiger charge is -2.33. The number of amides is 1. The minimum Gasteiger partial charge on any atom is -0.353 e. The summed E-state index contributed by atoms with van der Waals surface area (Å²) in [5.74, 6) is 0.957. The molecule has 0 saturated carbocycles. The van der Waals surface area contributed by atoms with Crippen LogP contribution in [0.15, 0.2) is 6.33 Å². The SMILES string of the molecule is CC[C@H](C)NC(=O)c1sc2ncnc(N3CCN(C)CC3)c2c1C. The Morgan fingerprint density at radius 3 is 2.71 bits per heavy atom. The summed E-state index contributed by atoms with van der Waals surface area (Å²) in [5, 5.41) is 4.08. The molecule has 6 nitrogen and oxygen atoms in total. The van der Waals surface area contributed by atoms with Crippen molar-refractivity contribution in [3.8, 4) is 0 Å². The molecule has 1 N–H and O–H groups in total. The maximum atomic E-state index is 12.6. The molecular weight excluding hydrogens is 322 g/mol. The van der Waals surface area contributed by atoms with Crippen molar-refractivity contribution in [3.05, 3.63) is 16.8 Å². The van der Waals surface area contributed by atoms with Gasteiger partial charge < -0.3 is 15.1 Å². The van der Waals surface area contributed by atoms with Crippen LogP contribution in [0.5, 0.6) is 0 Å². The Morgan fingerprint density at radius 2 is 2.04 bits per heavy atom. The summed E-state index contributed by atoms with van der Waals surface area (Å²) in [5.41, 5.74) is 0.991. The van der Waals surface area contributed by atoms with Crippen LogP contribution in [0.25, 0.3) is 10.2 Å². The second kappa shape index (κ2) is 7.03. The predicted octanol–water partition coefficient (Wildman–Crippen LogP) is 2.28. The van der Waals surface area contributed by atoms with Crippen molar-refractivity contribution >= 4 is 33.3 Å². The lowest BCUT2D eigenvalue weighted by molar-refractivity contribution is 0.0943. The first-order valence-corrected chi connectivity index (χ1v) is 9.31. The van der Waals surface area contributed by atoms with Crippen LogP contribution in [0, 0.1) is 6.92 Å². The zero-order valence-electron chi connectivity index (χ0n) is 14.8. The Hall–Kier alpha value is -1.73. The van der Waals surface area contributed by atoms with Gasteiger partial charge in [0.25, 0.3) is 5.91 Å². The molecule has 1 atom stereocenters. The van der Waals surface area contributed by atoms with Crippen molar-refractivity contribution in [2.75, 3.05) is 38.1 Å². The molecule has 2 aromatic rings. The van der Waals surface area contributed by atoms with Crippen molar-refractivity contribution < 1.29 is 4.79 Å². The van der Waals surface area contributed by atoms with Gasteiger partial charge in [0, 0.05) is 32.2 Å². The maximum Gasteiger partial charge on any atom is 0.261 e. The number of aryl methyl sites for hydroxylation is 1. The number of hydrogen-bond donors (Lipinski definition) is 1. The molecule has 1 amide bonds. The van der Waals surface area contributed by atoms with E-state index in [-0.39, 0.29) is 11.9 Å². The van der Waals surface area contributed by atoms with Gasteiger partial charge in [0.15, 0.2) is 0 Å². The maximum absolute atomic E-state index is 12.6. The Bertz CT molecular complexity index is 736. The summed E-state index contributed by atoms with van der Waals surface area (Å²) in [6.07, 6.45) is 2.53. The summed E-state index contributed by atoms with van der Waals surface area (Å²) in [6.45, 7) is 10.0. The third-order valence-electron chi connectivity index (χ3n) is 4.71. The molecule has 1 saturated heterocycles. The van der Waals surface area contributed by atoms with Crippen molar-refractivity contribution in [2.24, 2.45) is 0 Å². The lowest BCUT2D eigenvalue weighted by Crippen LogP contribution is -2.44. The summed E-state index contributed by atoms with van der Waals surface area (Å²) in [6, 6.07) is 0.172. The van der Waals surface area contributed by atoms with E-state index in [0.717, 1.165) is 59.1 Å². The number of nitrogens with zero attached hydrogens (tertiary/aromatic N) is 4. The monoisotopic (exact) mass is 347 g/mol. The van der Waals surface area contributed by atoms with Crippen LogP contribution in [0.3, 0.4) is 0 Å². The number of anilines is 1. The second-order valence-corrected chi connectivity index (χ2v) is 7.51. The fourth-order valence-electron chi connectivity index (χ4n) is 2.92. The van der Waals surface area contributed by atoms with E-state index in [4.69, 9.17) is 0 Å². The van der Waals surface area contributed by atoms with Gasteiger partial charge in [-0.1, -0.05) is 6.92 Å². The molecule has 7 heteroatoms. The zero-order chi connectivity index (χ0) is 17.3. The predicted molar refractivity (Wildman–Crippen MR) is 99.1 cm³/mol. The number of likely N-dealkylation sites (N-methyl/N-ethyl adjacent to an activating group) is 1. The van der Waals surface area contributed by atoms with Gasteiger partial charge >= 0.3 is 0 Å². The van der Waals surface area contributed by atoms with Gasteiger partial charge in [-0.05, 0) is 32.9 Å². The molecule has 0 spiro atoms. The van der Waals surface area contributed by atoms with E-state index in [0.29, 0.717) is 0 Å². The molecule has 0 unspecified atom stereocenters. The molecule has 24 heavy (non-hydrogen) atoms. The number of rotatable bonds is 4. The highest BCUT2D eigenvalue weighted by molar-refractivity contribution is 7.20. The van der Waals surface area contributed by atoms with Crippen molar-refractivity contribution in [3.63, 3.8) is 0 Å². The van der Waals surface area contributed by atoms with E-state index in [1.807, 2.05) is 13.8 Å². The Labute approximate surface area is 146 Å². The molecule has 0 bridgehead atoms. The molecule has 3 rings (SSSR count). The molecule has 3 heterocycles. The number of aromatic nitrogens is 2. The van der Waals surface area contributed by atoms with Gasteiger partial charge in [-0.25, -0.2) is 9.97 Å². The van der Waals surface area contributed by atoms with Crippen LogP contribution in [0.2, 0.25) is 0 Å². The van der Waals surface area contributed by atoms with E-state index < -0.39 is 0 Å². The van der Waals surface area contributed by atoms with Crippen LogP contribution >= 0.6 is 11.3 Å². The number of piperazine rings is 1. The first-order valence-electron chi connectivity index (χ1n) is 8.49. The molecule has 1 fully saturated rings. The average Bonchev–Trinajstić information content (AvgIpc) is 2.93. The number of carbonyl (C=O) groups excluding carboxylic acids is 1. The molecule has 130 valence electrons. The standard InChI is InChI=1S/C17H25N5OS/c1-5-11(2)20-16(23)14-12(3)13-15(18-10-19-17(13)24-14)22-8-6-21(4)7-9-22/h10-11H,5-9H2,1-4H3,(H,20,23)/t11-/m0/s1. The van der Waals surface area contributed by atoms with Crippen LogP contribution in [0.1, 0.15) is 35.5 Å². The average molecular weight is 347 g/mol. The third-order valence-corrected chi connectivity index (χ3v) is 5.90. The number of fused-ring (bicyclic) bond motifs is 1. The summed E-state index contributed by atoms with van der Waals surface area (Å²) in [7, 11) is 2.14. The number of carbonyl (C=O) groups is 1. The van der Waals surface area contributed by atoms with Crippen LogP contribution < -0.4 is 10.2 Å². The lowest BCUT2D eigenvalue weighted by atomic mass is 10.1. The molecule has 1 aliphatic rings. The van der Waals surface area contributed by atoms with Crippen molar-refractivity contribution in [1.29, 1.82) is 0 Å². The van der Waals surface area contributed by atoms with Crippen molar-refractivity contribution in [1.82, 2.24) is 20.2 Å². The zero-order valence-corrected chi connectivity index (χ0v) is 15.6. The topological polar surface area (TPSA) is 61.4 Å². The fraction of sp³-hybridized carbons (Fsp3) is 0.588. The van der Waals surface area contributed by atoms with E-state index in [1.165, 1.54) is 11.3 Å². The summed E-state index contributed by atoms with van der Waals surface area (Å²) < 4.78 is 0. The normalized spacial score (nSPS) is 17.2. The van der Waals surface area contributed by atoms with Crippen molar-refractivity contribution in [2.45, 2.75) is 33.2 Å². The van der Waals surface area contributed by atoms with E-state index in [9.17, 15) is 4.79 Å². The molecule has 2 aromatic heterocycles. The number of nitrogens with one attached hydrogen (secondary N) is 1. The highest BCUT2D eigenvalue weighted by Gasteiger charge is 2.24. The second-order valence-electron chi connectivity index (χ2n) is 6.51. The van der Waals surface area contributed by atoms with Crippen LogP contribution in [0.4, 0.5) is 5.82 Å². The highest BCUT2D eigenvalue weighted by atomic mass is 32.1. The van der Waals surface area contributed by atoms with Gasteiger partial charge in [-0.2, -0.15) is 0 Å². The molecular formula is C17H25N5OS. The van der Waals surface area contributed by atoms with Gasteiger partial charge in [-0.15, -0.1) is 11.3 Å². The van der Waals surface area contributed by atoms with E-state index in [2.05, 4.69) is 39.1 Å². The Balaban J connectivity index is 1.96. The quantitative estimate of drug-likeness (QED) is 0.919. The first kappa shape index (κ1) is 17.1. The molecule has 0 aromatic carbocycles.